The van der Waals surface area contributed by atoms with E-state index in [4.69, 9.17) is 5.73 Å². The fourth-order valence-corrected chi connectivity index (χ4v) is 1.87. The van der Waals surface area contributed by atoms with E-state index in [2.05, 4.69) is 10.3 Å². The number of nitrogens with one attached hydrogen (secondary N) is 1. The van der Waals surface area contributed by atoms with E-state index in [0.29, 0.717) is 17.2 Å². The fourth-order valence-electron chi connectivity index (χ4n) is 1.25. The molecule has 0 saturated carbocycles. The summed E-state index contributed by atoms with van der Waals surface area (Å²) in [7, 11) is 0. The van der Waals surface area contributed by atoms with E-state index in [-0.39, 0.29) is 5.91 Å². The minimum Gasteiger partial charge on any atom is -0.325 e. The van der Waals surface area contributed by atoms with Gasteiger partial charge in [-0.05, 0) is 23.6 Å². The molecule has 0 atom stereocenters. The molecule has 0 unspecified atom stereocenters. The van der Waals surface area contributed by atoms with E-state index in [0.717, 1.165) is 5.69 Å². The van der Waals surface area contributed by atoms with E-state index in [1.54, 1.807) is 12.1 Å². The Labute approximate surface area is 97.1 Å². The van der Waals surface area contributed by atoms with Crippen molar-refractivity contribution in [2.75, 3.05) is 5.32 Å². The molecule has 0 saturated heterocycles. The summed E-state index contributed by atoms with van der Waals surface area (Å²) in [5, 5.41) is 4.58. The Morgan fingerprint density at radius 2 is 2.25 bits per heavy atom. The van der Waals surface area contributed by atoms with Crippen LogP contribution in [-0.4, -0.2) is 10.9 Å². The second-order valence-corrected chi connectivity index (χ2v) is 4.10. The first-order valence-corrected chi connectivity index (χ1v) is 5.68. The molecule has 2 aromatic rings. The van der Waals surface area contributed by atoms with Crippen LogP contribution in [0.25, 0.3) is 0 Å². The lowest BCUT2D eigenvalue weighted by molar-refractivity contribution is 0.103. The zero-order chi connectivity index (χ0) is 11.4. The van der Waals surface area contributed by atoms with Crippen LogP contribution < -0.4 is 11.1 Å². The summed E-state index contributed by atoms with van der Waals surface area (Å²) in [6.45, 7) is 0.364. The summed E-state index contributed by atoms with van der Waals surface area (Å²) in [5.74, 6) is 0.387. The topological polar surface area (TPSA) is 68.0 Å². The third-order valence-electron chi connectivity index (χ3n) is 2.00. The molecular weight excluding hydrogens is 222 g/mol. The van der Waals surface area contributed by atoms with Gasteiger partial charge in [-0.2, -0.15) is 0 Å². The van der Waals surface area contributed by atoms with E-state index >= 15 is 0 Å². The van der Waals surface area contributed by atoms with Gasteiger partial charge in [0, 0.05) is 6.54 Å². The highest BCUT2D eigenvalue weighted by Crippen LogP contribution is 2.11. The molecule has 2 rings (SSSR count). The smallest absolute Gasteiger partial charge is 0.266 e. The normalized spacial score (nSPS) is 10.1. The minimum atomic E-state index is -0.142. The predicted octanol–water partition coefficient (Wildman–Crippen LogP) is 1.85. The van der Waals surface area contributed by atoms with Gasteiger partial charge in [0.1, 0.15) is 5.82 Å². The van der Waals surface area contributed by atoms with Gasteiger partial charge < -0.3 is 11.1 Å². The van der Waals surface area contributed by atoms with Crippen LogP contribution in [-0.2, 0) is 6.54 Å². The zero-order valence-corrected chi connectivity index (χ0v) is 9.33. The monoisotopic (exact) mass is 233 g/mol. The number of pyridine rings is 1. The Balaban J connectivity index is 2.12. The molecule has 0 radical (unpaired) electrons. The lowest BCUT2D eigenvalue weighted by Gasteiger charge is -2.03. The minimum absolute atomic E-state index is 0.142. The van der Waals surface area contributed by atoms with Gasteiger partial charge in [-0.15, -0.1) is 11.3 Å². The van der Waals surface area contributed by atoms with Crippen LogP contribution in [0.15, 0.2) is 35.7 Å². The van der Waals surface area contributed by atoms with E-state index < -0.39 is 0 Å². The average molecular weight is 233 g/mol. The zero-order valence-electron chi connectivity index (χ0n) is 8.51. The molecule has 2 aromatic heterocycles. The van der Waals surface area contributed by atoms with Crippen molar-refractivity contribution >= 4 is 23.1 Å². The Morgan fingerprint density at radius 1 is 1.38 bits per heavy atom. The summed E-state index contributed by atoms with van der Waals surface area (Å²) in [6.07, 6.45) is 0. The number of aromatic nitrogens is 1. The Bertz CT molecular complexity index is 482. The summed E-state index contributed by atoms with van der Waals surface area (Å²) in [5.41, 5.74) is 6.22. The highest BCUT2D eigenvalue weighted by molar-refractivity contribution is 7.12. The van der Waals surface area contributed by atoms with Crippen LogP contribution in [0.3, 0.4) is 0 Å². The number of rotatable bonds is 3. The second kappa shape index (κ2) is 4.87. The van der Waals surface area contributed by atoms with Crippen molar-refractivity contribution < 1.29 is 4.79 Å². The molecule has 3 N–H and O–H groups in total. The number of anilines is 1. The maximum Gasteiger partial charge on any atom is 0.266 e. The van der Waals surface area contributed by atoms with Crippen LogP contribution >= 0.6 is 11.3 Å². The van der Waals surface area contributed by atoms with Crippen molar-refractivity contribution in [3.63, 3.8) is 0 Å². The van der Waals surface area contributed by atoms with Gasteiger partial charge in [0.2, 0.25) is 0 Å². The maximum atomic E-state index is 11.7. The molecule has 0 aromatic carbocycles. The lowest BCUT2D eigenvalue weighted by atomic mass is 10.3. The number of amides is 1. The molecule has 0 bridgehead atoms. The third-order valence-corrected chi connectivity index (χ3v) is 2.87. The molecular formula is C11H11N3OS. The van der Waals surface area contributed by atoms with Crippen molar-refractivity contribution in [2.24, 2.45) is 5.73 Å². The van der Waals surface area contributed by atoms with Crippen molar-refractivity contribution in [1.82, 2.24) is 4.98 Å². The van der Waals surface area contributed by atoms with Gasteiger partial charge in [-0.25, -0.2) is 4.98 Å². The molecule has 2 heterocycles. The number of thiophene rings is 1. The number of nitrogens with two attached hydrogens (primary N) is 1. The van der Waals surface area contributed by atoms with Gasteiger partial charge in [0.15, 0.2) is 0 Å². The molecule has 4 nitrogen and oxygen atoms in total. The van der Waals surface area contributed by atoms with Crippen LogP contribution in [0.2, 0.25) is 0 Å². The molecule has 0 aliphatic carbocycles. The molecule has 0 spiro atoms. The van der Waals surface area contributed by atoms with Crippen molar-refractivity contribution in [3.05, 3.63) is 46.3 Å². The Kier molecular flexibility index (Phi) is 3.28. The van der Waals surface area contributed by atoms with Crippen LogP contribution in [0.4, 0.5) is 5.82 Å². The van der Waals surface area contributed by atoms with E-state index in [9.17, 15) is 4.79 Å². The number of hydrogen-bond donors (Lipinski definition) is 2. The summed E-state index contributed by atoms with van der Waals surface area (Å²) < 4.78 is 0. The summed E-state index contributed by atoms with van der Waals surface area (Å²) in [4.78, 5) is 16.6. The first kappa shape index (κ1) is 10.8. The predicted molar refractivity (Wildman–Crippen MR) is 64.4 cm³/mol. The third kappa shape index (κ3) is 2.44. The van der Waals surface area contributed by atoms with Crippen molar-refractivity contribution in [3.8, 4) is 0 Å². The first-order chi connectivity index (χ1) is 7.79. The summed E-state index contributed by atoms with van der Waals surface area (Å²) >= 11 is 1.40. The highest BCUT2D eigenvalue weighted by atomic mass is 32.1. The molecule has 16 heavy (non-hydrogen) atoms. The van der Waals surface area contributed by atoms with Gasteiger partial charge in [0.25, 0.3) is 5.91 Å². The molecule has 5 heteroatoms. The molecule has 0 aliphatic rings. The number of carbonyl (C=O) groups is 1. The quantitative estimate of drug-likeness (QED) is 0.850. The molecule has 1 amide bonds. The number of nitrogens with zero attached hydrogens (tertiary/aromatic N) is 1. The maximum absolute atomic E-state index is 11.7. The molecule has 0 fully saturated rings. The number of carbonyl (C=O) groups excluding carboxylic acids is 1. The van der Waals surface area contributed by atoms with Gasteiger partial charge in [0.05, 0.1) is 10.6 Å². The molecule has 82 valence electrons. The standard InChI is InChI=1S/C11H11N3OS/c12-7-8-3-1-5-10(13-8)14-11(15)9-4-2-6-16-9/h1-6H,7,12H2,(H,13,14,15). The van der Waals surface area contributed by atoms with Crippen LogP contribution in [0.5, 0.6) is 0 Å². The molecule has 0 aliphatic heterocycles. The van der Waals surface area contributed by atoms with Crippen molar-refractivity contribution in [1.29, 1.82) is 0 Å². The second-order valence-electron chi connectivity index (χ2n) is 3.15. The van der Waals surface area contributed by atoms with Crippen molar-refractivity contribution in [2.45, 2.75) is 6.54 Å². The Morgan fingerprint density at radius 3 is 2.94 bits per heavy atom. The van der Waals surface area contributed by atoms with E-state index in [1.807, 2.05) is 23.6 Å². The van der Waals surface area contributed by atoms with Crippen LogP contribution in [0.1, 0.15) is 15.4 Å². The number of hydrogen-bond acceptors (Lipinski definition) is 4. The van der Waals surface area contributed by atoms with Gasteiger partial charge >= 0.3 is 0 Å². The fraction of sp³-hybridized carbons (Fsp3) is 0.0909. The lowest BCUT2D eigenvalue weighted by Crippen LogP contribution is -2.12. The van der Waals surface area contributed by atoms with Crippen LogP contribution in [0, 0.1) is 0 Å². The average Bonchev–Trinajstić information content (AvgIpc) is 2.83. The highest BCUT2D eigenvalue weighted by Gasteiger charge is 2.07. The van der Waals surface area contributed by atoms with Gasteiger partial charge in [-0.3, -0.25) is 4.79 Å². The largest absolute Gasteiger partial charge is 0.325 e. The SMILES string of the molecule is NCc1cccc(NC(=O)c2cccs2)n1. The Hall–Kier alpha value is -1.72. The first-order valence-electron chi connectivity index (χ1n) is 4.80. The van der Waals surface area contributed by atoms with E-state index in [1.165, 1.54) is 11.3 Å². The summed E-state index contributed by atoms with van der Waals surface area (Å²) in [6, 6.07) is 8.99. The van der Waals surface area contributed by atoms with Gasteiger partial charge in [-0.1, -0.05) is 12.1 Å².